The van der Waals surface area contributed by atoms with Crippen LogP contribution in [0.1, 0.15) is 126 Å². The molecular weight excluding hydrogens is 396 g/mol. The fourth-order valence-corrected chi connectivity index (χ4v) is 4.50. The second kappa shape index (κ2) is 18.6. The number of hydrogen-bond acceptors (Lipinski definition) is 0. The van der Waals surface area contributed by atoms with Crippen LogP contribution in [0.25, 0.3) is 6.08 Å². The number of allylic oxidation sites excluding steroid dienone is 1. The van der Waals surface area contributed by atoms with Crippen LogP contribution >= 0.6 is 0 Å². The van der Waals surface area contributed by atoms with Crippen LogP contribution in [0.4, 0.5) is 0 Å². The Balaban J connectivity index is 1.59. The molecule has 2 rings (SSSR count). The van der Waals surface area contributed by atoms with E-state index < -0.39 is 0 Å². The Kier molecular flexibility index (Phi) is 15.4. The molecule has 2 aromatic carbocycles. The monoisotopic (exact) mass is 446 g/mol. The summed E-state index contributed by atoms with van der Waals surface area (Å²) in [7, 11) is 0. The van der Waals surface area contributed by atoms with Crippen LogP contribution in [-0.2, 0) is 19.3 Å². The smallest absolute Gasteiger partial charge is 0.0238 e. The number of rotatable bonds is 19. The molecule has 0 saturated heterocycles. The van der Waals surface area contributed by atoms with Crippen molar-refractivity contribution < 1.29 is 0 Å². The zero-order valence-corrected chi connectivity index (χ0v) is 21.8. The molecule has 0 aliphatic rings. The quantitative estimate of drug-likeness (QED) is 0.188. The molecule has 0 aromatic heterocycles. The first kappa shape index (κ1) is 27.4. The van der Waals surface area contributed by atoms with Crippen molar-refractivity contribution in [3.63, 3.8) is 0 Å². The standard InChI is InChI=1S/C33H50/c1-3-5-7-9-11-13-15-17-19-31-22-26-33(27-23-31)29-28-32-24-20-30(21-25-32)18-16-14-12-10-8-6-4-2/h16,18,20-27H,3-15,17,19,28-29H2,1-2H3/b18-16+. The summed E-state index contributed by atoms with van der Waals surface area (Å²) < 4.78 is 0. The predicted molar refractivity (Wildman–Crippen MR) is 149 cm³/mol. The topological polar surface area (TPSA) is 0 Å². The Morgan fingerprint density at radius 3 is 1.42 bits per heavy atom. The molecule has 0 atom stereocenters. The van der Waals surface area contributed by atoms with Gasteiger partial charge in [0.05, 0.1) is 0 Å². The van der Waals surface area contributed by atoms with Crippen molar-refractivity contribution in [1.82, 2.24) is 0 Å². The molecular formula is C33H50. The summed E-state index contributed by atoms with van der Waals surface area (Å²) in [5.41, 5.74) is 5.74. The van der Waals surface area contributed by atoms with Crippen molar-refractivity contribution in [2.45, 2.75) is 123 Å². The van der Waals surface area contributed by atoms with Gasteiger partial charge in [0, 0.05) is 0 Å². The Hall–Kier alpha value is -1.82. The van der Waals surface area contributed by atoms with Gasteiger partial charge in [0.15, 0.2) is 0 Å². The van der Waals surface area contributed by atoms with Gasteiger partial charge in [-0.1, -0.05) is 145 Å². The highest BCUT2D eigenvalue weighted by molar-refractivity contribution is 5.49. The number of benzene rings is 2. The van der Waals surface area contributed by atoms with Gasteiger partial charge >= 0.3 is 0 Å². The first-order valence-corrected chi connectivity index (χ1v) is 14.1. The van der Waals surface area contributed by atoms with Crippen molar-refractivity contribution in [2.75, 3.05) is 0 Å². The third-order valence-corrected chi connectivity index (χ3v) is 6.81. The van der Waals surface area contributed by atoms with Gasteiger partial charge in [-0.3, -0.25) is 0 Å². The van der Waals surface area contributed by atoms with Gasteiger partial charge in [-0.25, -0.2) is 0 Å². The summed E-state index contributed by atoms with van der Waals surface area (Å²) in [5.74, 6) is 0. The fraction of sp³-hybridized carbons (Fsp3) is 0.576. The lowest BCUT2D eigenvalue weighted by Gasteiger charge is -2.06. The van der Waals surface area contributed by atoms with Crippen molar-refractivity contribution in [3.05, 3.63) is 76.9 Å². The van der Waals surface area contributed by atoms with E-state index in [1.165, 1.54) is 119 Å². The molecule has 0 fully saturated rings. The van der Waals surface area contributed by atoms with E-state index in [0.29, 0.717) is 0 Å². The minimum atomic E-state index is 1.12. The summed E-state index contributed by atoms with van der Waals surface area (Å²) in [4.78, 5) is 0. The van der Waals surface area contributed by atoms with Gasteiger partial charge in [0.1, 0.15) is 0 Å². The second-order valence-corrected chi connectivity index (χ2v) is 9.89. The SMILES string of the molecule is CCCCCCC/C=C/c1ccc(CCc2ccc(CCCCCCCCCC)cc2)cc1. The molecule has 0 aliphatic heterocycles. The molecule has 0 radical (unpaired) electrons. The molecule has 0 unspecified atom stereocenters. The zero-order valence-electron chi connectivity index (χ0n) is 21.8. The fourth-order valence-electron chi connectivity index (χ4n) is 4.50. The van der Waals surface area contributed by atoms with E-state index >= 15 is 0 Å². The van der Waals surface area contributed by atoms with Crippen LogP contribution in [0.3, 0.4) is 0 Å². The average Bonchev–Trinajstić information content (AvgIpc) is 2.85. The summed E-state index contributed by atoms with van der Waals surface area (Å²) >= 11 is 0. The highest BCUT2D eigenvalue weighted by Gasteiger charge is 1.99. The number of hydrogen-bond donors (Lipinski definition) is 0. The van der Waals surface area contributed by atoms with E-state index in [0.717, 1.165) is 12.8 Å². The van der Waals surface area contributed by atoms with Gasteiger partial charge < -0.3 is 0 Å². The van der Waals surface area contributed by atoms with Crippen LogP contribution < -0.4 is 0 Å². The largest absolute Gasteiger partial charge is 0.0839 e. The normalized spacial score (nSPS) is 11.5. The van der Waals surface area contributed by atoms with E-state index in [1.54, 1.807) is 0 Å². The third kappa shape index (κ3) is 13.5. The van der Waals surface area contributed by atoms with E-state index in [2.05, 4.69) is 74.5 Å². The molecule has 0 heterocycles. The van der Waals surface area contributed by atoms with Gasteiger partial charge in [0.2, 0.25) is 0 Å². The second-order valence-electron chi connectivity index (χ2n) is 9.89. The lowest BCUT2D eigenvalue weighted by atomic mass is 10.00. The Labute approximate surface area is 205 Å². The van der Waals surface area contributed by atoms with Gasteiger partial charge in [-0.15, -0.1) is 0 Å². The summed E-state index contributed by atoms with van der Waals surface area (Å²) in [6.45, 7) is 4.57. The Bertz CT molecular complexity index is 720. The maximum atomic E-state index is 2.35. The zero-order chi connectivity index (χ0) is 23.4. The highest BCUT2D eigenvalue weighted by atomic mass is 14.0. The van der Waals surface area contributed by atoms with Crippen molar-refractivity contribution in [3.8, 4) is 0 Å². The number of unbranched alkanes of at least 4 members (excludes halogenated alkanes) is 12. The molecule has 0 saturated carbocycles. The van der Waals surface area contributed by atoms with E-state index in [4.69, 9.17) is 0 Å². The van der Waals surface area contributed by atoms with Crippen LogP contribution in [0.5, 0.6) is 0 Å². The maximum Gasteiger partial charge on any atom is -0.0238 e. The van der Waals surface area contributed by atoms with Crippen molar-refractivity contribution >= 4 is 6.08 Å². The summed E-state index contributed by atoms with van der Waals surface area (Å²) in [5, 5.41) is 0. The minimum absolute atomic E-state index is 1.12. The average molecular weight is 447 g/mol. The molecule has 0 N–H and O–H groups in total. The van der Waals surface area contributed by atoms with Gasteiger partial charge in [0.25, 0.3) is 0 Å². The third-order valence-electron chi connectivity index (χ3n) is 6.81. The lowest BCUT2D eigenvalue weighted by molar-refractivity contribution is 0.575. The summed E-state index contributed by atoms with van der Waals surface area (Å²) in [6, 6.07) is 18.6. The molecule has 0 spiro atoms. The molecule has 2 aromatic rings. The van der Waals surface area contributed by atoms with Crippen LogP contribution in [0.15, 0.2) is 54.6 Å². The molecule has 0 nitrogen and oxygen atoms in total. The molecule has 0 amide bonds. The van der Waals surface area contributed by atoms with Crippen LogP contribution in [-0.4, -0.2) is 0 Å². The van der Waals surface area contributed by atoms with Crippen molar-refractivity contribution in [1.29, 1.82) is 0 Å². The first-order chi connectivity index (χ1) is 16.3. The van der Waals surface area contributed by atoms with Crippen LogP contribution in [0.2, 0.25) is 0 Å². The number of aryl methyl sites for hydroxylation is 3. The van der Waals surface area contributed by atoms with E-state index in [-0.39, 0.29) is 0 Å². The Morgan fingerprint density at radius 1 is 0.455 bits per heavy atom. The van der Waals surface area contributed by atoms with Gasteiger partial charge in [-0.05, 0) is 60.8 Å². The maximum absolute atomic E-state index is 2.35. The summed E-state index contributed by atoms with van der Waals surface area (Å²) in [6.07, 6.45) is 27.3. The lowest BCUT2D eigenvalue weighted by Crippen LogP contribution is -1.93. The minimum Gasteiger partial charge on any atom is -0.0839 e. The Morgan fingerprint density at radius 2 is 0.879 bits per heavy atom. The van der Waals surface area contributed by atoms with E-state index in [9.17, 15) is 0 Å². The molecule has 182 valence electrons. The predicted octanol–water partition coefficient (Wildman–Crippen LogP) is 10.5. The van der Waals surface area contributed by atoms with Gasteiger partial charge in [-0.2, -0.15) is 0 Å². The molecule has 0 bridgehead atoms. The molecule has 33 heavy (non-hydrogen) atoms. The van der Waals surface area contributed by atoms with Crippen LogP contribution in [0, 0.1) is 0 Å². The highest BCUT2D eigenvalue weighted by Crippen LogP contribution is 2.15. The molecule has 0 aliphatic carbocycles. The first-order valence-electron chi connectivity index (χ1n) is 14.1. The van der Waals surface area contributed by atoms with E-state index in [1.807, 2.05) is 0 Å². The molecule has 0 heteroatoms. The van der Waals surface area contributed by atoms with Crippen molar-refractivity contribution in [2.24, 2.45) is 0 Å².